The number of hydroxylamine groups is 1. The van der Waals surface area contributed by atoms with Gasteiger partial charge in [-0.2, -0.15) is 5.06 Å². The largest absolute Gasteiger partial charge is 0.276 e. The lowest BCUT2D eigenvalue weighted by Gasteiger charge is -2.15. The van der Waals surface area contributed by atoms with Crippen molar-refractivity contribution in [1.29, 1.82) is 0 Å². The minimum atomic E-state index is 0.436. The van der Waals surface area contributed by atoms with Gasteiger partial charge in [0.25, 0.3) is 0 Å². The molecule has 4 heteroatoms. The van der Waals surface area contributed by atoms with Crippen LogP contribution in [0.25, 0.3) is 0 Å². The van der Waals surface area contributed by atoms with Crippen LogP contribution >= 0.6 is 11.6 Å². The summed E-state index contributed by atoms with van der Waals surface area (Å²) in [5.74, 6) is 0. The van der Waals surface area contributed by atoms with Gasteiger partial charge >= 0.3 is 0 Å². The highest BCUT2D eigenvalue weighted by molar-refractivity contribution is 6.30. The van der Waals surface area contributed by atoms with Crippen molar-refractivity contribution in [2.45, 2.75) is 6.92 Å². The second-order valence-corrected chi connectivity index (χ2v) is 2.77. The van der Waals surface area contributed by atoms with Crippen LogP contribution in [0.1, 0.15) is 6.92 Å². The number of halogens is 1. The molecule has 0 atom stereocenters. The zero-order valence-electron chi connectivity index (χ0n) is 7.24. The number of benzene rings is 1. The average molecular weight is 200 g/mol. The first-order chi connectivity index (χ1) is 6.27. The lowest BCUT2D eigenvalue weighted by Crippen LogP contribution is -2.21. The summed E-state index contributed by atoms with van der Waals surface area (Å²) in [6, 6.07) is 6.90. The molecule has 1 amide bonds. The summed E-state index contributed by atoms with van der Waals surface area (Å²) in [6.45, 7) is 2.24. The zero-order valence-corrected chi connectivity index (χ0v) is 7.99. The van der Waals surface area contributed by atoms with Gasteiger partial charge in [-0.05, 0) is 25.1 Å². The quantitative estimate of drug-likeness (QED) is 0.550. The predicted octanol–water partition coefficient (Wildman–Crippen LogP) is 2.25. The summed E-state index contributed by atoms with van der Waals surface area (Å²) in [4.78, 5) is 15.6. The van der Waals surface area contributed by atoms with Gasteiger partial charge in [0.1, 0.15) is 0 Å². The Labute approximate surface area is 81.8 Å². The first-order valence-electron chi connectivity index (χ1n) is 3.91. The fourth-order valence-corrected chi connectivity index (χ4v) is 1.10. The minimum Gasteiger partial charge on any atom is -0.276 e. The van der Waals surface area contributed by atoms with Crippen LogP contribution in [0.3, 0.4) is 0 Å². The molecule has 0 heterocycles. The third-order valence-corrected chi connectivity index (χ3v) is 1.66. The molecule has 0 N–H and O–H groups in total. The average Bonchev–Trinajstić information content (AvgIpc) is 2.14. The van der Waals surface area contributed by atoms with Crippen molar-refractivity contribution in [3.63, 3.8) is 0 Å². The minimum absolute atomic E-state index is 0.436. The maximum Gasteiger partial charge on any atom is 0.238 e. The van der Waals surface area contributed by atoms with Crippen LogP contribution < -0.4 is 5.06 Å². The molecule has 0 aliphatic rings. The fraction of sp³-hybridized carbons (Fsp3) is 0.222. The molecule has 1 rings (SSSR count). The van der Waals surface area contributed by atoms with E-state index < -0.39 is 0 Å². The summed E-state index contributed by atoms with van der Waals surface area (Å²) in [5, 5.41) is 1.72. The number of amides is 1. The number of anilines is 1. The van der Waals surface area contributed by atoms with Crippen LogP contribution in [0.15, 0.2) is 24.3 Å². The molecule has 0 unspecified atom stereocenters. The SMILES string of the molecule is CCON(C=O)c1cccc(Cl)c1. The van der Waals surface area contributed by atoms with Crippen LogP contribution in [-0.2, 0) is 9.63 Å². The van der Waals surface area contributed by atoms with Crippen LogP contribution in [-0.4, -0.2) is 13.0 Å². The second kappa shape index (κ2) is 4.84. The molecule has 1 aromatic rings. The molecule has 0 aliphatic heterocycles. The van der Waals surface area contributed by atoms with Gasteiger partial charge in [0.2, 0.25) is 6.41 Å². The van der Waals surface area contributed by atoms with Gasteiger partial charge in [-0.25, -0.2) is 0 Å². The third kappa shape index (κ3) is 2.72. The first kappa shape index (κ1) is 10.0. The number of hydrogen-bond acceptors (Lipinski definition) is 2. The molecule has 0 saturated carbocycles. The summed E-state index contributed by atoms with van der Waals surface area (Å²) >= 11 is 5.75. The van der Waals surface area contributed by atoms with Crippen LogP contribution in [0.2, 0.25) is 5.02 Å². The zero-order chi connectivity index (χ0) is 9.68. The monoisotopic (exact) mass is 199 g/mol. The molecule has 0 saturated heterocycles. The van der Waals surface area contributed by atoms with Crippen molar-refractivity contribution in [1.82, 2.24) is 0 Å². The molecule has 1 aromatic carbocycles. The molecule has 0 fully saturated rings. The second-order valence-electron chi connectivity index (χ2n) is 2.33. The summed E-state index contributed by atoms with van der Waals surface area (Å²) in [7, 11) is 0. The Balaban J connectivity index is 2.84. The number of carbonyl (C=O) groups is 1. The van der Waals surface area contributed by atoms with E-state index in [1.54, 1.807) is 31.2 Å². The predicted molar refractivity (Wildman–Crippen MR) is 51.6 cm³/mol. The molecular formula is C9H10ClNO2. The molecule has 0 radical (unpaired) electrons. The van der Waals surface area contributed by atoms with Crippen molar-refractivity contribution in [3.8, 4) is 0 Å². The summed E-state index contributed by atoms with van der Waals surface area (Å²) in [5.41, 5.74) is 0.629. The Morgan fingerprint density at radius 1 is 1.62 bits per heavy atom. The Morgan fingerprint density at radius 3 is 2.92 bits per heavy atom. The van der Waals surface area contributed by atoms with E-state index in [-0.39, 0.29) is 0 Å². The topological polar surface area (TPSA) is 29.5 Å². The van der Waals surface area contributed by atoms with Gasteiger partial charge in [0.05, 0.1) is 12.3 Å². The maximum absolute atomic E-state index is 10.6. The normalized spacial score (nSPS) is 9.69. The molecule has 70 valence electrons. The highest BCUT2D eigenvalue weighted by Crippen LogP contribution is 2.18. The molecule has 0 spiro atoms. The Bertz CT molecular complexity index is 291. The highest BCUT2D eigenvalue weighted by atomic mass is 35.5. The fourth-order valence-electron chi connectivity index (χ4n) is 0.918. The van der Waals surface area contributed by atoms with E-state index >= 15 is 0 Å². The first-order valence-corrected chi connectivity index (χ1v) is 4.28. The van der Waals surface area contributed by atoms with Gasteiger partial charge in [-0.15, -0.1) is 0 Å². The number of nitrogens with zero attached hydrogens (tertiary/aromatic N) is 1. The van der Waals surface area contributed by atoms with Crippen molar-refractivity contribution in [3.05, 3.63) is 29.3 Å². The van der Waals surface area contributed by atoms with Gasteiger partial charge in [0, 0.05) is 5.02 Å². The van der Waals surface area contributed by atoms with E-state index in [2.05, 4.69) is 0 Å². The molecule has 0 aliphatic carbocycles. The standard InChI is InChI=1S/C9H10ClNO2/c1-2-13-11(7-12)9-5-3-4-8(10)6-9/h3-7H,2H2,1H3. The maximum atomic E-state index is 10.6. The van der Waals surface area contributed by atoms with Crippen LogP contribution in [0.4, 0.5) is 5.69 Å². The van der Waals surface area contributed by atoms with Crippen molar-refractivity contribution >= 4 is 23.7 Å². The van der Waals surface area contributed by atoms with E-state index in [0.29, 0.717) is 23.7 Å². The molecule has 0 aromatic heterocycles. The number of rotatable bonds is 4. The smallest absolute Gasteiger partial charge is 0.238 e. The Morgan fingerprint density at radius 2 is 2.38 bits per heavy atom. The molecule has 3 nitrogen and oxygen atoms in total. The summed E-state index contributed by atoms with van der Waals surface area (Å²) in [6.07, 6.45) is 0.606. The van der Waals surface area contributed by atoms with Gasteiger partial charge in [-0.1, -0.05) is 17.7 Å². The van der Waals surface area contributed by atoms with E-state index in [9.17, 15) is 4.79 Å². The van der Waals surface area contributed by atoms with Crippen LogP contribution in [0, 0.1) is 0 Å². The third-order valence-electron chi connectivity index (χ3n) is 1.43. The molecule has 13 heavy (non-hydrogen) atoms. The van der Waals surface area contributed by atoms with Gasteiger partial charge in [0.15, 0.2) is 0 Å². The number of hydrogen-bond donors (Lipinski definition) is 0. The lowest BCUT2D eigenvalue weighted by molar-refractivity contribution is -0.113. The molecule has 0 bridgehead atoms. The van der Waals surface area contributed by atoms with E-state index in [0.717, 1.165) is 5.06 Å². The van der Waals surface area contributed by atoms with Crippen LogP contribution in [0.5, 0.6) is 0 Å². The Kier molecular flexibility index (Phi) is 3.73. The van der Waals surface area contributed by atoms with E-state index in [1.807, 2.05) is 0 Å². The highest BCUT2D eigenvalue weighted by Gasteiger charge is 2.04. The van der Waals surface area contributed by atoms with Crippen molar-refractivity contribution in [2.24, 2.45) is 0 Å². The number of carbonyl (C=O) groups excluding carboxylic acids is 1. The Hall–Kier alpha value is -1.06. The summed E-state index contributed by atoms with van der Waals surface area (Å²) < 4.78 is 0. The molecular weight excluding hydrogens is 190 g/mol. The van der Waals surface area contributed by atoms with Crippen molar-refractivity contribution < 1.29 is 9.63 Å². The lowest BCUT2D eigenvalue weighted by atomic mass is 10.3. The van der Waals surface area contributed by atoms with Gasteiger partial charge in [-0.3, -0.25) is 9.63 Å². The van der Waals surface area contributed by atoms with E-state index in [1.165, 1.54) is 0 Å². The van der Waals surface area contributed by atoms with Gasteiger partial charge < -0.3 is 0 Å². The van der Waals surface area contributed by atoms with Crippen molar-refractivity contribution in [2.75, 3.05) is 11.7 Å². The van der Waals surface area contributed by atoms with E-state index in [4.69, 9.17) is 16.4 Å².